The number of aromatic nitrogens is 1. The van der Waals surface area contributed by atoms with E-state index in [9.17, 15) is 14.7 Å². The molecule has 0 aliphatic heterocycles. The Bertz CT molecular complexity index is 1140. The van der Waals surface area contributed by atoms with Gasteiger partial charge in [0.15, 0.2) is 0 Å². The van der Waals surface area contributed by atoms with Gasteiger partial charge in [-0.3, -0.25) is 14.6 Å². The molecule has 2 aliphatic carbocycles. The lowest BCUT2D eigenvalue weighted by molar-refractivity contribution is -0.123. The fourth-order valence-corrected chi connectivity index (χ4v) is 6.51. The van der Waals surface area contributed by atoms with Crippen LogP contribution in [0.2, 0.25) is 0 Å². The molecule has 0 saturated heterocycles. The summed E-state index contributed by atoms with van der Waals surface area (Å²) in [5, 5.41) is 26.3. The standard InChI is InChI=1S/C29H36N4O3/c1-27(2)16-24(33-26(35)22-8-6-20(17-30)7-9-22)29(13-12-28(3,36)15-23(27)29)11-10-25(34)32-19-21-5-4-14-31-18-21/h4-9,14,18,23-24,36H,10-13,15-16,19H2,1-3H3,(H,32,34)(H,33,35). The molecule has 0 bridgehead atoms. The van der Waals surface area contributed by atoms with Crippen molar-refractivity contribution in [2.75, 3.05) is 0 Å². The van der Waals surface area contributed by atoms with Gasteiger partial charge in [-0.15, -0.1) is 0 Å². The van der Waals surface area contributed by atoms with E-state index in [0.29, 0.717) is 43.4 Å². The minimum Gasteiger partial charge on any atom is -0.390 e. The van der Waals surface area contributed by atoms with Crippen molar-refractivity contribution in [3.8, 4) is 6.07 Å². The molecular weight excluding hydrogens is 452 g/mol. The van der Waals surface area contributed by atoms with E-state index < -0.39 is 5.60 Å². The second-order valence-corrected chi connectivity index (χ2v) is 11.5. The Morgan fingerprint density at radius 3 is 2.56 bits per heavy atom. The number of nitrogens with one attached hydrogen (secondary N) is 2. The summed E-state index contributed by atoms with van der Waals surface area (Å²) in [5.41, 5.74) is 0.850. The number of pyridine rings is 1. The Kier molecular flexibility index (Phi) is 7.19. The molecule has 4 atom stereocenters. The summed E-state index contributed by atoms with van der Waals surface area (Å²) in [6.45, 7) is 6.76. The van der Waals surface area contributed by atoms with Gasteiger partial charge >= 0.3 is 0 Å². The van der Waals surface area contributed by atoms with Gasteiger partial charge in [0.2, 0.25) is 5.91 Å². The molecule has 7 nitrogen and oxygen atoms in total. The topological polar surface area (TPSA) is 115 Å². The molecule has 2 amide bonds. The molecule has 2 aliphatic rings. The summed E-state index contributed by atoms with van der Waals surface area (Å²) in [5.74, 6) is -0.0176. The predicted octanol–water partition coefficient (Wildman–Crippen LogP) is 4.12. The largest absolute Gasteiger partial charge is 0.390 e. The molecule has 3 N–H and O–H groups in total. The molecule has 7 heteroatoms. The summed E-state index contributed by atoms with van der Waals surface area (Å²) in [7, 11) is 0. The van der Waals surface area contributed by atoms with E-state index in [0.717, 1.165) is 18.4 Å². The molecule has 1 heterocycles. The summed E-state index contributed by atoms with van der Waals surface area (Å²) in [6, 6.07) is 12.4. The number of carbonyl (C=O) groups excluding carboxylic acids is 2. The minimum absolute atomic E-state index is 0.0220. The predicted molar refractivity (Wildman–Crippen MR) is 137 cm³/mol. The van der Waals surface area contributed by atoms with Crippen molar-refractivity contribution in [1.29, 1.82) is 5.26 Å². The fourth-order valence-electron chi connectivity index (χ4n) is 6.51. The van der Waals surface area contributed by atoms with Crippen LogP contribution in [0, 0.1) is 28.1 Å². The summed E-state index contributed by atoms with van der Waals surface area (Å²) >= 11 is 0. The number of carbonyl (C=O) groups is 2. The zero-order valence-electron chi connectivity index (χ0n) is 21.4. The Labute approximate surface area is 213 Å². The first-order valence-corrected chi connectivity index (χ1v) is 12.7. The van der Waals surface area contributed by atoms with Crippen LogP contribution in [0.3, 0.4) is 0 Å². The SMILES string of the molecule is CC1(O)CCC2(CCC(=O)NCc3cccnc3)C(NC(=O)c3ccc(C#N)cc3)CC(C)(C)C2C1. The highest BCUT2D eigenvalue weighted by Crippen LogP contribution is 2.63. The van der Waals surface area contributed by atoms with Crippen molar-refractivity contribution in [2.24, 2.45) is 16.7 Å². The average Bonchev–Trinajstić information content (AvgIpc) is 3.07. The van der Waals surface area contributed by atoms with Crippen molar-refractivity contribution in [1.82, 2.24) is 15.6 Å². The third kappa shape index (κ3) is 5.44. The molecule has 0 spiro atoms. The van der Waals surface area contributed by atoms with Crippen molar-refractivity contribution >= 4 is 11.8 Å². The number of hydrogen-bond donors (Lipinski definition) is 3. The molecule has 4 unspecified atom stereocenters. The first-order valence-electron chi connectivity index (χ1n) is 12.7. The van der Waals surface area contributed by atoms with Gasteiger partial charge in [0, 0.05) is 37.0 Å². The summed E-state index contributed by atoms with van der Waals surface area (Å²) < 4.78 is 0. The zero-order chi connectivity index (χ0) is 26.0. The van der Waals surface area contributed by atoms with Crippen LogP contribution in [-0.4, -0.2) is 33.5 Å². The molecule has 1 aromatic heterocycles. The quantitative estimate of drug-likeness (QED) is 0.542. The maximum absolute atomic E-state index is 13.2. The van der Waals surface area contributed by atoms with Crippen LogP contribution >= 0.6 is 0 Å². The van der Waals surface area contributed by atoms with Gasteiger partial charge in [0.1, 0.15) is 0 Å². The number of hydrogen-bond acceptors (Lipinski definition) is 5. The normalized spacial score (nSPS) is 28.5. The number of rotatable bonds is 7. The monoisotopic (exact) mass is 488 g/mol. The van der Waals surface area contributed by atoms with E-state index in [1.54, 1.807) is 36.7 Å². The van der Waals surface area contributed by atoms with Gasteiger partial charge in [-0.05, 0) is 91.7 Å². The number of nitrogens with zero attached hydrogens (tertiary/aromatic N) is 2. The van der Waals surface area contributed by atoms with Crippen LogP contribution in [0.15, 0.2) is 48.8 Å². The van der Waals surface area contributed by atoms with E-state index in [4.69, 9.17) is 5.26 Å². The number of benzene rings is 1. The Hall–Kier alpha value is -3.24. The molecule has 36 heavy (non-hydrogen) atoms. The van der Waals surface area contributed by atoms with Crippen molar-refractivity contribution in [3.63, 3.8) is 0 Å². The van der Waals surface area contributed by atoms with E-state index in [1.165, 1.54) is 0 Å². The molecular formula is C29H36N4O3. The average molecular weight is 489 g/mol. The molecule has 2 fully saturated rings. The Balaban J connectivity index is 1.52. The van der Waals surface area contributed by atoms with Crippen LogP contribution in [0.1, 0.15) is 80.8 Å². The van der Waals surface area contributed by atoms with Crippen LogP contribution in [0.4, 0.5) is 0 Å². The maximum atomic E-state index is 13.2. The van der Waals surface area contributed by atoms with Crippen molar-refractivity contribution < 1.29 is 14.7 Å². The lowest BCUT2D eigenvalue weighted by Gasteiger charge is -2.50. The van der Waals surface area contributed by atoms with Crippen LogP contribution < -0.4 is 10.6 Å². The molecule has 2 aromatic rings. The van der Waals surface area contributed by atoms with Gasteiger partial charge < -0.3 is 15.7 Å². The highest BCUT2D eigenvalue weighted by molar-refractivity contribution is 5.94. The fraction of sp³-hybridized carbons (Fsp3) is 0.517. The summed E-state index contributed by atoms with van der Waals surface area (Å²) in [4.78, 5) is 30.2. The lowest BCUT2D eigenvalue weighted by Crippen LogP contribution is -2.52. The first kappa shape index (κ1) is 25.8. The third-order valence-corrected chi connectivity index (χ3v) is 8.45. The van der Waals surface area contributed by atoms with Gasteiger partial charge in [0.25, 0.3) is 5.91 Å². The number of aliphatic hydroxyl groups is 1. The van der Waals surface area contributed by atoms with Gasteiger partial charge in [-0.1, -0.05) is 19.9 Å². The Morgan fingerprint density at radius 2 is 1.89 bits per heavy atom. The second-order valence-electron chi connectivity index (χ2n) is 11.5. The van der Waals surface area contributed by atoms with Crippen molar-refractivity contribution in [3.05, 3.63) is 65.5 Å². The van der Waals surface area contributed by atoms with Gasteiger partial charge in [-0.2, -0.15) is 5.26 Å². The molecule has 4 rings (SSSR count). The molecule has 190 valence electrons. The molecule has 2 saturated carbocycles. The number of fused-ring (bicyclic) bond motifs is 1. The zero-order valence-corrected chi connectivity index (χ0v) is 21.4. The second kappa shape index (κ2) is 10.0. The minimum atomic E-state index is -0.750. The first-order chi connectivity index (χ1) is 17.0. The van der Waals surface area contributed by atoms with E-state index in [1.807, 2.05) is 19.1 Å². The summed E-state index contributed by atoms with van der Waals surface area (Å²) in [6.07, 6.45) is 7.28. The smallest absolute Gasteiger partial charge is 0.251 e. The van der Waals surface area contributed by atoms with Crippen LogP contribution in [-0.2, 0) is 11.3 Å². The van der Waals surface area contributed by atoms with E-state index >= 15 is 0 Å². The third-order valence-electron chi connectivity index (χ3n) is 8.45. The number of amides is 2. The number of nitriles is 1. The lowest BCUT2D eigenvalue weighted by atomic mass is 9.57. The highest BCUT2D eigenvalue weighted by Gasteiger charge is 2.61. The van der Waals surface area contributed by atoms with E-state index in [-0.39, 0.29) is 34.6 Å². The molecule has 0 radical (unpaired) electrons. The van der Waals surface area contributed by atoms with Gasteiger partial charge in [-0.25, -0.2) is 0 Å². The van der Waals surface area contributed by atoms with Crippen LogP contribution in [0.5, 0.6) is 0 Å². The van der Waals surface area contributed by atoms with Crippen molar-refractivity contribution in [2.45, 2.75) is 77.5 Å². The van der Waals surface area contributed by atoms with Crippen LogP contribution in [0.25, 0.3) is 0 Å². The molecule has 1 aromatic carbocycles. The maximum Gasteiger partial charge on any atom is 0.251 e. The van der Waals surface area contributed by atoms with Gasteiger partial charge in [0.05, 0.1) is 17.2 Å². The highest BCUT2D eigenvalue weighted by atomic mass is 16.3. The Morgan fingerprint density at radius 1 is 1.14 bits per heavy atom. The van der Waals surface area contributed by atoms with E-state index in [2.05, 4.69) is 35.5 Å².